The highest BCUT2D eigenvalue weighted by Gasteiger charge is 2.37. The molecule has 0 radical (unpaired) electrons. The van der Waals surface area contributed by atoms with E-state index < -0.39 is 5.60 Å². The van der Waals surface area contributed by atoms with E-state index >= 15 is 0 Å². The van der Waals surface area contributed by atoms with Crippen LogP contribution in [0, 0.1) is 0 Å². The third kappa shape index (κ3) is 5.18. The molecule has 2 nitrogen and oxygen atoms in total. The molecule has 0 heterocycles. The minimum atomic E-state index is -0.820. The van der Waals surface area contributed by atoms with E-state index in [0.717, 1.165) is 12.0 Å². The molecule has 0 aromatic heterocycles. The fourth-order valence-corrected chi connectivity index (χ4v) is 2.91. The van der Waals surface area contributed by atoms with Gasteiger partial charge in [0.05, 0.1) is 0 Å². The Hall–Kier alpha value is -1.67. The number of ether oxygens (including phenoxy) is 1. The largest absolute Gasteiger partial charge is 0.362 e. The lowest BCUT2D eigenvalue weighted by atomic mass is 9.86. The lowest BCUT2D eigenvalue weighted by molar-refractivity contribution is 0.00126. The zero-order chi connectivity index (χ0) is 16.4. The average molecular weight is 312 g/mol. The predicted molar refractivity (Wildman–Crippen MR) is 95.7 cm³/mol. The number of carbonyl (C=O) groups excluding carboxylic acids is 1. The van der Waals surface area contributed by atoms with Crippen LogP contribution in [0.4, 0.5) is 0 Å². The summed E-state index contributed by atoms with van der Waals surface area (Å²) in [4.78, 5) is 12.9. The fraction of sp³-hybridized carbons (Fsp3) is 0.476. The topological polar surface area (TPSA) is 26.3 Å². The molecular formula is C21H28O2. The first-order chi connectivity index (χ1) is 11.3. The van der Waals surface area contributed by atoms with Gasteiger partial charge < -0.3 is 4.74 Å². The van der Waals surface area contributed by atoms with Crippen LogP contribution in [0.5, 0.6) is 0 Å². The van der Waals surface area contributed by atoms with Gasteiger partial charge in [0, 0.05) is 18.6 Å². The van der Waals surface area contributed by atoms with Crippen LogP contribution >= 0.6 is 0 Å². The van der Waals surface area contributed by atoms with Crippen LogP contribution in [-0.4, -0.2) is 18.0 Å². The van der Waals surface area contributed by atoms with Crippen molar-refractivity contribution in [2.45, 2.75) is 57.5 Å². The molecule has 1 unspecified atom stereocenters. The lowest BCUT2D eigenvalue weighted by Crippen LogP contribution is -2.40. The fourth-order valence-electron chi connectivity index (χ4n) is 2.91. The van der Waals surface area contributed by atoms with Crippen molar-refractivity contribution in [3.63, 3.8) is 0 Å². The van der Waals surface area contributed by atoms with Gasteiger partial charge in [0.25, 0.3) is 0 Å². The first-order valence-electron chi connectivity index (χ1n) is 8.87. The number of rotatable bonds is 10. The van der Waals surface area contributed by atoms with Gasteiger partial charge in [-0.1, -0.05) is 87.6 Å². The normalized spacial score (nSPS) is 19.9. The van der Waals surface area contributed by atoms with E-state index in [9.17, 15) is 4.79 Å². The summed E-state index contributed by atoms with van der Waals surface area (Å²) in [6, 6.07) is 9.46. The molecule has 0 amide bonds. The number of Topliss-reactive ketones (excluding diaryl/α,β-unsaturated/α-hetero) is 1. The van der Waals surface area contributed by atoms with Crippen molar-refractivity contribution in [3.05, 3.63) is 60.2 Å². The summed E-state index contributed by atoms with van der Waals surface area (Å²) in [6.45, 7) is 2.87. The number of ketones is 1. The molecule has 1 atom stereocenters. The van der Waals surface area contributed by atoms with Crippen LogP contribution in [-0.2, 0) is 4.74 Å². The highest BCUT2D eigenvalue weighted by molar-refractivity contribution is 6.04. The van der Waals surface area contributed by atoms with Crippen LogP contribution in [0.1, 0.15) is 62.2 Å². The molecule has 2 rings (SSSR count). The number of unbranched alkanes of at least 4 members (excludes halogenated alkanes) is 5. The number of hydrogen-bond acceptors (Lipinski definition) is 2. The summed E-state index contributed by atoms with van der Waals surface area (Å²) in [5.41, 5.74) is -0.102. The molecule has 2 heteroatoms. The van der Waals surface area contributed by atoms with Gasteiger partial charge in [-0.25, -0.2) is 0 Å². The maximum atomic E-state index is 12.9. The van der Waals surface area contributed by atoms with Gasteiger partial charge in [-0.3, -0.25) is 4.79 Å². The minimum absolute atomic E-state index is 0.0599. The Labute approximate surface area is 140 Å². The van der Waals surface area contributed by atoms with Crippen LogP contribution in [0.2, 0.25) is 0 Å². The Morgan fingerprint density at radius 1 is 1.04 bits per heavy atom. The molecule has 0 saturated heterocycles. The van der Waals surface area contributed by atoms with Crippen molar-refractivity contribution in [3.8, 4) is 0 Å². The second-order valence-corrected chi connectivity index (χ2v) is 6.19. The van der Waals surface area contributed by atoms with E-state index in [1.165, 1.54) is 32.1 Å². The molecular weight excluding hydrogens is 284 g/mol. The maximum Gasteiger partial charge on any atom is 0.198 e. The molecule has 0 N–H and O–H groups in total. The summed E-state index contributed by atoms with van der Waals surface area (Å²) in [6.07, 6.45) is 15.8. The van der Waals surface area contributed by atoms with E-state index in [2.05, 4.69) is 6.92 Å². The molecule has 0 aliphatic heterocycles. The first kappa shape index (κ1) is 17.7. The second-order valence-electron chi connectivity index (χ2n) is 6.19. The Kier molecular flexibility index (Phi) is 7.28. The van der Waals surface area contributed by atoms with E-state index in [4.69, 9.17) is 4.74 Å². The number of allylic oxidation sites excluding steroid dienone is 2. The van der Waals surface area contributed by atoms with Gasteiger partial charge in [0.2, 0.25) is 0 Å². The van der Waals surface area contributed by atoms with Crippen LogP contribution < -0.4 is 0 Å². The molecule has 1 aliphatic rings. The number of benzene rings is 1. The lowest BCUT2D eigenvalue weighted by Gasteiger charge is -2.30. The Morgan fingerprint density at radius 2 is 1.78 bits per heavy atom. The summed E-state index contributed by atoms with van der Waals surface area (Å²) in [7, 11) is 0. The summed E-state index contributed by atoms with van der Waals surface area (Å²) >= 11 is 0. The molecule has 1 aromatic rings. The van der Waals surface area contributed by atoms with E-state index in [-0.39, 0.29) is 5.78 Å². The van der Waals surface area contributed by atoms with Gasteiger partial charge in [-0.2, -0.15) is 0 Å². The number of hydrogen-bond donors (Lipinski definition) is 0. The third-order valence-electron chi connectivity index (χ3n) is 4.31. The van der Waals surface area contributed by atoms with E-state index in [1.54, 1.807) is 0 Å². The third-order valence-corrected chi connectivity index (χ3v) is 4.31. The van der Waals surface area contributed by atoms with Gasteiger partial charge in [-0.05, 0) is 12.5 Å². The molecule has 0 saturated carbocycles. The van der Waals surface area contributed by atoms with Crippen molar-refractivity contribution in [2.24, 2.45) is 0 Å². The monoisotopic (exact) mass is 312 g/mol. The average Bonchev–Trinajstić information content (AvgIpc) is 2.62. The Balaban J connectivity index is 1.91. The molecule has 23 heavy (non-hydrogen) atoms. The molecule has 1 aliphatic carbocycles. The first-order valence-corrected chi connectivity index (χ1v) is 8.87. The minimum Gasteiger partial charge on any atom is -0.362 e. The highest BCUT2D eigenvalue weighted by atomic mass is 16.5. The quantitative estimate of drug-likeness (QED) is 0.421. The SMILES string of the molecule is CCCCCCCCOC1(C(=O)c2ccccc2)C=CC=CC1. The van der Waals surface area contributed by atoms with Crippen molar-refractivity contribution in [1.29, 1.82) is 0 Å². The summed E-state index contributed by atoms with van der Waals surface area (Å²) < 4.78 is 6.11. The zero-order valence-corrected chi connectivity index (χ0v) is 14.2. The van der Waals surface area contributed by atoms with Crippen molar-refractivity contribution >= 4 is 5.78 Å². The maximum absolute atomic E-state index is 12.9. The van der Waals surface area contributed by atoms with E-state index in [1.807, 2.05) is 54.6 Å². The van der Waals surface area contributed by atoms with Crippen molar-refractivity contribution in [2.75, 3.05) is 6.61 Å². The molecule has 124 valence electrons. The molecule has 1 aromatic carbocycles. The van der Waals surface area contributed by atoms with Crippen LogP contribution in [0.15, 0.2) is 54.6 Å². The van der Waals surface area contributed by atoms with Crippen molar-refractivity contribution < 1.29 is 9.53 Å². The van der Waals surface area contributed by atoms with Crippen LogP contribution in [0.25, 0.3) is 0 Å². The predicted octanol–water partition coefficient (Wildman–Crippen LogP) is 5.50. The van der Waals surface area contributed by atoms with Gasteiger partial charge in [-0.15, -0.1) is 0 Å². The van der Waals surface area contributed by atoms with Gasteiger partial charge in [0.1, 0.15) is 0 Å². The second kappa shape index (κ2) is 9.46. The molecule has 0 bridgehead atoms. The Bertz CT molecular complexity index is 530. The van der Waals surface area contributed by atoms with Gasteiger partial charge in [0.15, 0.2) is 11.4 Å². The van der Waals surface area contributed by atoms with Crippen molar-refractivity contribution in [1.82, 2.24) is 0 Å². The zero-order valence-electron chi connectivity index (χ0n) is 14.2. The molecule has 0 fully saturated rings. The Morgan fingerprint density at radius 3 is 2.48 bits per heavy atom. The highest BCUT2D eigenvalue weighted by Crippen LogP contribution is 2.27. The van der Waals surface area contributed by atoms with Crippen LogP contribution in [0.3, 0.4) is 0 Å². The van der Waals surface area contributed by atoms with Gasteiger partial charge >= 0.3 is 0 Å². The number of carbonyl (C=O) groups is 1. The smallest absolute Gasteiger partial charge is 0.198 e. The summed E-state index contributed by atoms with van der Waals surface area (Å²) in [5, 5.41) is 0. The van der Waals surface area contributed by atoms with E-state index in [0.29, 0.717) is 13.0 Å². The molecule has 0 spiro atoms. The summed E-state index contributed by atoms with van der Waals surface area (Å²) in [5.74, 6) is 0.0599. The standard InChI is InChI=1S/C21H28O2/c1-2-3-4-5-6-13-18-23-21(16-11-8-12-17-21)20(22)19-14-9-7-10-15-19/h7-12,14-16H,2-6,13,17-18H2,1H3.